The van der Waals surface area contributed by atoms with E-state index in [2.05, 4.69) is 10.1 Å². The Morgan fingerprint density at radius 1 is 1.20 bits per heavy atom. The van der Waals surface area contributed by atoms with Crippen molar-refractivity contribution in [2.45, 2.75) is 0 Å². The standard InChI is InChI=1S/C14H9N3O3/c18-8-9-1-3-10(4-2-9)11-6-15-13-5-12(14(19)20)16-17(13)7-11/h1-8H,(H,19,20). The molecule has 6 nitrogen and oxygen atoms in total. The van der Waals surface area contributed by atoms with Crippen molar-refractivity contribution in [2.75, 3.05) is 0 Å². The lowest BCUT2D eigenvalue weighted by Gasteiger charge is -2.02. The number of aromatic carboxylic acids is 1. The molecule has 0 radical (unpaired) electrons. The predicted octanol–water partition coefficient (Wildman–Crippen LogP) is 1.91. The maximum Gasteiger partial charge on any atom is 0.356 e. The maximum absolute atomic E-state index is 10.9. The van der Waals surface area contributed by atoms with Crippen molar-refractivity contribution in [3.63, 3.8) is 0 Å². The Morgan fingerprint density at radius 2 is 1.95 bits per heavy atom. The Labute approximate surface area is 113 Å². The fourth-order valence-corrected chi connectivity index (χ4v) is 1.88. The normalized spacial score (nSPS) is 10.6. The van der Waals surface area contributed by atoms with Crippen LogP contribution in [0.25, 0.3) is 16.8 Å². The molecule has 0 saturated carbocycles. The van der Waals surface area contributed by atoms with Gasteiger partial charge in [0.25, 0.3) is 0 Å². The van der Waals surface area contributed by atoms with Gasteiger partial charge in [-0.3, -0.25) is 4.79 Å². The summed E-state index contributed by atoms with van der Waals surface area (Å²) in [5.74, 6) is -1.09. The van der Waals surface area contributed by atoms with E-state index in [0.29, 0.717) is 11.2 Å². The summed E-state index contributed by atoms with van der Waals surface area (Å²) in [5, 5.41) is 12.8. The van der Waals surface area contributed by atoms with Crippen LogP contribution in [0.2, 0.25) is 0 Å². The first-order chi connectivity index (χ1) is 9.67. The zero-order valence-electron chi connectivity index (χ0n) is 10.2. The summed E-state index contributed by atoms with van der Waals surface area (Å²) in [4.78, 5) is 25.6. The number of aromatic nitrogens is 3. The van der Waals surface area contributed by atoms with Crippen molar-refractivity contribution in [2.24, 2.45) is 0 Å². The van der Waals surface area contributed by atoms with Crippen LogP contribution in [0.5, 0.6) is 0 Å². The number of aldehydes is 1. The van der Waals surface area contributed by atoms with E-state index in [4.69, 9.17) is 5.11 Å². The van der Waals surface area contributed by atoms with Gasteiger partial charge in [0.1, 0.15) is 6.29 Å². The molecule has 98 valence electrons. The minimum absolute atomic E-state index is 0.0500. The number of carbonyl (C=O) groups excluding carboxylic acids is 1. The van der Waals surface area contributed by atoms with Crippen LogP contribution in [0.15, 0.2) is 42.7 Å². The molecular weight excluding hydrogens is 258 g/mol. The van der Waals surface area contributed by atoms with Crippen LogP contribution < -0.4 is 0 Å². The molecule has 3 aromatic rings. The molecule has 0 aliphatic carbocycles. The fourth-order valence-electron chi connectivity index (χ4n) is 1.88. The summed E-state index contributed by atoms with van der Waals surface area (Å²) >= 11 is 0. The van der Waals surface area contributed by atoms with E-state index < -0.39 is 5.97 Å². The molecule has 6 heteroatoms. The van der Waals surface area contributed by atoms with Crippen LogP contribution in [0.4, 0.5) is 0 Å². The molecule has 0 spiro atoms. The van der Waals surface area contributed by atoms with E-state index in [-0.39, 0.29) is 5.69 Å². The second-order valence-corrected chi connectivity index (χ2v) is 4.22. The molecular formula is C14H9N3O3. The maximum atomic E-state index is 10.9. The van der Waals surface area contributed by atoms with Crippen LogP contribution in [0.1, 0.15) is 20.8 Å². The minimum Gasteiger partial charge on any atom is -0.476 e. The first-order valence-corrected chi connectivity index (χ1v) is 5.82. The van der Waals surface area contributed by atoms with Gasteiger partial charge in [0, 0.05) is 29.6 Å². The Balaban J connectivity index is 2.06. The molecule has 0 atom stereocenters. The highest BCUT2D eigenvalue weighted by Gasteiger charge is 2.10. The van der Waals surface area contributed by atoms with Gasteiger partial charge < -0.3 is 5.11 Å². The second-order valence-electron chi connectivity index (χ2n) is 4.22. The summed E-state index contributed by atoms with van der Waals surface area (Å²) in [6, 6.07) is 8.42. The molecule has 0 aliphatic rings. The number of hydrogen-bond acceptors (Lipinski definition) is 4. The number of rotatable bonds is 3. The molecule has 3 rings (SSSR count). The smallest absolute Gasteiger partial charge is 0.356 e. The van der Waals surface area contributed by atoms with Gasteiger partial charge in [0.15, 0.2) is 11.3 Å². The number of carbonyl (C=O) groups is 2. The molecule has 0 amide bonds. The summed E-state index contributed by atoms with van der Waals surface area (Å²) in [6.07, 6.45) is 4.11. The summed E-state index contributed by atoms with van der Waals surface area (Å²) in [7, 11) is 0. The lowest BCUT2D eigenvalue weighted by Crippen LogP contribution is -1.97. The van der Waals surface area contributed by atoms with Crippen molar-refractivity contribution in [3.05, 3.63) is 54.0 Å². The molecule has 2 heterocycles. The molecule has 20 heavy (non-hydrogen) atoms. The van der Waals surface area contributed by atoms with E-state index in [1.165, 1.54) is 10.6 Å². The molecule has 1 aromatic carbocycles. The van der Waals surface area contributed by atoms with Gasteiger partial charge in [-0.25, -0.2) is 14.3 Å². The Hall–Kier alpha value is -3.02. The van der Waals surface area contributed by atoms with E-state index >= 15 is 0 Å². The van der Waals surface area contributed by atoms with Crippen molar-refractivity contribution in [3.8, 4) is 11.1 Å². The minimum atomic E-state index is -1.09. The highest BCUT2D eigenvalue weighted by atomic mass is 16.4. The Bertz CT molecular complexity index is 806. The van der Waals surface area contributed by atoms with Crippen LogP contribution in [-0.2, 0) is 0 Å². The Morgan fingerprint density at radius 3 is 2.60 bits per heavy atom. The van der Waals surface area contributed by atoms with Gasteiger partial charge >= 0.3 is 5.97 Å². The number of carboxylic acid groups (broad SMARTS) is 1. The highest BCUT2D eigenvalue weighted by Crippen LogP contribution is 2.19. The SMILES string of the molecule is O=Cc1ccc(-c2cnc3cc(C(=O)O)nn3c2)cc1. The van der Waals surface area contributed by atoms with Crippen LogP contribution in [0, 0.1) is 0 Å². The van der Waals surface area contributed by atoms with Crippen molar-refractivity contribution < 1.29 is 14.7 Å². The summed E-state index contributed by atoms with van der Waals surface area (Å²) in [6.45, 7) is 0. The molecule has 0 unspecified atom stereocenters. The van der Waals surface area contributed by atoms with Gasteiger partial charge in [-0.15, -0.1) is 0 Å². The lowest BCUT2D eigenvalue weighted by molar-refractivity contribution is 0.0690. The van der Waals surface area contributed by atoms with Crippen molar-refractivity contribution >= 4 is 17.9 Å². The molecule has 2 aromatic heterocycles. The van der Waals surface area contributed by atoms with E-state index in [0.717, 1.165) is 17.4 Å². The fraction of sp³-hybridized carbons (Fsp3) is 0. The van der Waals surface area contributed by atoms with Gasteiger partial charge in [-0.2, -0.15) is 5.10 Å². The summed E-state index contributed by atoms with van der Waals surface area (Å²) in [5.41, 5.74) is 2.67. The number of hydrogen-bond donors (Lipinski definition) is 1. The van der Waals surface area contributed by atoms with E-state index in [1.807, 2.05) is 0 Å². The third kappa shape index (κ3) is 2.03. The summed E-state index contributed by atoms with van der Waals surface area (Å²) < 4.78 is 1.42. The number of nitrogens with zero attached hydrogens (tertiary/aromatic N) is 3. The molecule has 0 aliphatic heterocycles. The molecule has 0 bridgehead atoms. The van der Waals surface area contributed by atoms with Gasteiger partial charge in [0.05, 0.1) is 0 Å². The first kappa shape index (κ1) is 12.0. The molecule has 0 saturated heterocycles. The topological polar surface area (TPSA) is 84.6 Å². The van der Waals surface area contributed by atoms with E-state index in [1.54, 1.807) is 36.7 Å². The first-order valence-electron chi connectivity index (χ1n) is 5.82. The van der Waals surface area contributed by atoms with E-state index in [9.17, 15) is 9.59 Å². The van der Waals surface area contributed by atoms with Crippen molar-refractivity contribution in [1.82, 2.24) is 14.6 Å². The number of benzene rings is 1. The highest BCUT2D eigenvalue weighted by molar-refractivity contribution is 5.86. The lowest BCUT2D eigenvalue weighted by atomic mass is 10.1. The van der Waals surface area contributed by atoms with Gasteiger partial charge in [0.2, 0.25) is 0 Å². The van der Waals surface area contributed by atoms with Gasteiger partial charge in [-0.05, 0) is 5.56 Å². The Kier molecular flexibility index (Phi) is 2.76. The average molecular weight is 267 g/mol. The zero-order chi connectivity index (χ0) is 14.1. The van der Waals surface area contributed by atoms with Crippen LogP contribution in [-0.4, -0.2) is 32.0 Å². The largest absolute Gasteiger partial charge is 0.476 e. The quantitative estimate of drug-likeness (QED) is 0.733. The van der Waals surface area contributed by atoms with Gasteiger partial charge in [-0.1, -0.05) is 24.3 Å². The third-order valence-corrected chi connectivity index (χ3v) is 2.91. The molecule has 1 N–H and O–H groups in total. The average Bonchev–Trinajstić information content (AvgIpc) is 2.90. The zero-order valence-corrected chi connectivity index (χ0v) is 10.2. The number of fused-ring (bicyclic) bond motifs is 1. The number of carboxylic acids is 1. The predicted molar refractivity (Wildman–Crippen MR) is 70.8 cm³/mol. The second kappa shape index (κ2) is 4.58. The molecule has 0 fully saturated rings. The van der Waals surface area contributed by atoms with Crippen LogP contribution >= 0.6 is 0 Å². The van der Waals surface area contributed by atoms with Crippen molar-refractivity contribution in [1.29, 1.82) is 0 Å². The monoisotopic (exact) mass is 267 g/mol. The third-order valence-electron chi connectivity index (χ3n) is 2.91. The van der Waals surface area contributed by atoms with Crippen LogP contribution in [0.3, 0.4) is 0 Å².